The van der Waals surface area contributed by atoms with Crippen molar-refractivity contribution in [3.63, 3.8) is 0 Å². The van der Waals surface area contributed by atoms with Gasteiger partial charge in [-0.2, -0.15) is 0 Å². The van der Waals surface area contributed by atoms with Crippen LogP contribution in [0.4, 0.5) is 0 Å². The van der Waals surface area contributed by atoms with Crippen LogP contribution in [0.3, 0.4) is 0 Å². The molecule has 104 valence electrons. The first-order valence-corrected chi connectivity index (χ1v) is 8.12. The second-order valence-electron chi connectivity index (χ2n) is 4.06. The molecule has 0 aliphatic heterocycles. The van der Waals surface area contributed by atoms with Crippen molar-refractivity contribution in [2.75, 3.05) is 0 Å². The molecule has 0 aromatic heterocycles. The van der Waals surface area contributed by atoms with E-state index in [-0.39, 0.29) is 5.56 Å². The lowest BCUT2D eigenvalue weighted by Gasteiger charge is -2.06. The normalized spacial score (nSPS) is 12.1. The molecule has 0 amide bonds. The van der Waals surface area contributed by atoms with Gasteiger partial charge in [0.25, 0.3) is 0 Å². The molecule has 20 heavy (non-hydrogen) atoms. The van der Waals surface area contributed by atoms with E-state index in [1.807, 2.05) is 0 Å². The Labute approximate surface area is 132 Å². The van der Waals surface area contributed by atoms with Crippen molar-refractivity contribution in [2.45, 2.75) is 10.6 Å². The van der Waals surface area contributed by atoms with Crippen molar-refractivity contribution in [3.8, 4) is 0 Å². The maximum atomic E-state index is 12.3. The van der Waals surface area contributed by atoms with Crippen LogP contribution in [0.2, 0.25) is 5.02 Å². The predicted molar refractivity (Wildman–Crippen MR) is 82.7 cm³/mol. The molecular formula is C14H10BrClO3S. The minimum Gasteiger partial charge on any atom is -0.478 e. The summed E-state index contributed by atoms with van der Waals surface area (Å²) in [6, 6.07) is 11.6. The molecule has 0 radical (unpaired) electrons. The summed E-state index contributed by atoms with van der Waals surface area (Å²) < 4.78 is 12.9. The van der Waals surface area contributed by atoms with Crippen LogP contribution >= 0.6 is 27.5 Å². The maximum absolute atomic E-state index is 12.3. The highest BCUT2D eigenvalue weighted by atomic mass is 79.9. The van der Waals surface area contributed by atoms with Crippen molar-refractivity contribution < 1.29 is 14.1 Å². The van der Waals surface area contributed by atoms with Crippen LogP contribution in [0.1, 0.15) is 15.9 Å². The maximum Gasteiger partial charge on any atom is 0.335 e. The van der Waals surface area contributed by atoms with Crippen LogP contribution in [0.15, 0.2) is 51.8 Å². The zero-order valence-electron chi connectivity index (χ0n) is 10.2. The molecule has 1 atom stereocenters. The summed E-state index contributed by atoms with van der Waals surface area (Å²) in [6.45, 7) is 0. The number of benzene rings is 2. The van der Waals surface area contributed by atoms with Crippen LogP contribution in [0, 0.1) is 0 Å². The van der Waals surface area contributed by atoms with Gasteiger partial charge in [-0.1, -0.05) is 39.7 Å². The third kappa shape index (κ3) is 3.69. The lowest BCUT2D eigenvalue weighted by atomic mass is 10.1. The van der Waals surface area contributed by atoms with Crippen LogP contribution in [-0.2, 0) is 16.6 Å². The first kappa shape index (κ1) is 15.2. The van der Waals surface area contributed by atoms with E-state index < -0.39 is 16.8 Å². The van der Waals surface area contributed by atoms with Crippen LogP contribution in [0.25, 0.3) is 0 Å². The van der Waals surface area contributed by atoms with Crippen LogP contribution in [-0.4, -0.2) is 15.3 Å². The molecule has 0 saturated heterocycles. The predicted octanol–water partition coefficient (Wildman–Crippen LogP) is 4.11. The molecule has 0 aliphatic rings. The Morgan fingerprint density at radius 3 is 2.60 bits per heavy atom. The second kappa shape index (κ2) is 6.52. The van der Waals surface area contributed by atoms with E-state index in [1.165, 1.54) is 12.1 Å². The van der Waals surface area contributed by atoms with Crippen LogP contribution < -0.4 is 0 Å². The van der Waals surface area contributed by atoms with E-state index in [0.29, 0.717) is 20.1 Å². The summed E-state index contributed by atoms with van der Waals surface area (Å²) in [5, 5.41) is 9.43. The van der Waals surface area contributed by atoms with Gasteiger partial charge in [0.15, 0.2) is 0 Å². The first-order chi connectivity index (χ1) is 9.47. The molecule has 3 nitrogen and oxygen atoms in total. The highest BCUT2D eigenvalue weighted by Gasteiger charge is 2.11. The van der Waals surface area contributed by atoms with Crippen molar-refractivity contribution in [3.05, 3.63) is 63.1 Å². The minimum atomic E-state index is -1.23. The Morgan fingerprint density at radius 2 is 2.00 bits per heavy atom. The molecule has 6 heteroatoms. The fourth-order valence-electron chi connectivity index (χ4n) is 1.63. The van der Waals surface area contributed by atoms with Crippen LogP contribution in [0.5, 0.6) is 0 Å². The first-order valence-electron chi connectivity index (χ1n) is 5.63. The largest absolute Gasteiger partial charge is 0.478 e. The highest BCUT2D eigenvalue weighted by molar-refractivity contribution is 9.10. The summed E-state index contributed by atoms with van der Waals surface area (Å²) in [5.41, 5.74) is 0.975. The molecule has 0 saturated carbocycles. The Morgan fingerprint density at radius 1 is 1.25 bits per heavy atom. The Balaban J connectivity index is 2.22. The van der Waals surface area contributed by atoms with E-state index in [9.17, 15) is 9.00 Å². The highest BCUT2D eigenvalue weighted by Crippen LogP contribution is 2.23. The molecule has 0 aliphatic carbocycles. The fourth-order valence-corrected chi connectivity index (χ4v) is 3.78. The number of carboxylic acids is 1. The Hall–Kier alpha value is -1.17. The Bertz CT molecular complexity index is 688. The summed E-state index contributed by atoms with van der Waals surface area (Å²) in [6.07, 6.45) is 0. The smallest absolute Gasteiger partial charge is 0.335 e. The number of hydrogen-bond donors (Lipinski definition) is 1. The van der Waals surface area contributed by atoms with E-state index >= 15 is 0 Å². The summed E-state index contributed by atoms with van der Waals surface area (Å²) >= 11 is 9.18. The molecule has 0 spiro atoms. The van der Waals surface area contributed by atoms with Crippen molar-refractivity contribution in [1.82, 2.24) is 0 Å². The monoisotopic (exact) mass is 372 g/mol. The van der Waals surface area contributed by atoms with E-state index in [2.05, 4.69) is 15.9 Å². The molecule has 0 heterocycles. The molecule has 2 rings (SSSR count). The molecule has 1 unspecified atom stereocenters. The van der Waals surface area contributed by atoms with Gasteiger partial charge < -0.3 is 5.11 Å². The summed E-state index contributed by atoms with van der Waals surface area (Å²) in [5.74, 6) is -0.700. The SMILES string of the molecule is O=C(O)c1ccc(CS(=O)c2cccc(Cl)c2)c(Br)c1. The topological polar surface area (TPSA) is 54.4 Å². The van der Waals surface area contributed by atoms with E-state index in [0.717, 1.165) is 5.56 Å². The number of aromatic carboxylic acids is 1. The number of carboxylic acid groups (broad SMARTS) is 1. The van der Waals surface area contributed by atoms with Gasteiger partial charge in [-0.25, -0.2) is 4.79 Å². The third-order valence-corrected chi connectivity index (χ3v) is 4.97. The Kier molecular flexibility index (Phi) is 4.96. The number of hydrogen-bond acceptors (Lipinski definition) is 2. The van der Waals surface area contributed by atoms with Gasteiger partial charge >= 0.3 is 5.97 Å². The zero-order chi connectivity index (χ0) is 14.7. The van der Waals surface area contributed by atoms with Crippen molar-refractivity contribution in [2.24, 2.45) is 0 Å². The minimum absolute atomic E-state index is 0.189. The van der Waals surface area contributed by atoms with Gasteiger partial charge in [-0.15, -0.1) is 0 Å². The summed E-state index contributed by atoms with van der Waals surface area (Å²) in [4.78, 5) is 11.5. The van der Waals surface area contributed by atoms with Gasteiger partial charge in [-0.3, -0.25) is 4.21 Å². The number of halogens is 2. The molecule has 2 aromatic rings. The molecular weight excluding hydrogens is 364 g/mol. The fraction of sp³-hybridized carbons (Fsp3) is 0.0714. The standard InChI is InChI=1S/C14H10BrClO3S/c15-13-6-9(14(17)18)4-5-10(13)8-20(19)12-3-1-2-11(16)7-12/h1-7H,8H2,(H,17,18). The van der Waals surface area contributed by atoms with Crippen molar-refractivity contribution >= 4 is 44.3 Å². The van der Waals surface area contributed by atoms with E-state index in [1.54, 1.807) is 30.3 Å². The van der Waals surface area contributed by atoms with Gasteiger partial charge in [0.05, 0.1) is 22.1 Å². The third-order valence-electron chi connectivity index (χ3n) is 2.65. The summed E-state index contributed by atoms with van der Waals surface area (Å²) in [7, 11) is -1.23. The van der Waals surface area contributed by atoms with Gasteiger partial charge in [0, 0.05) is 14.4 Å². The van der Waals surface area contributed by atoms with Gasteiger partial charge in [-0.05, 0) is 35.9 Å². The molecule has 2 aromatic carbocycles. The average molecular weight is 374 g/mol. The number of rotatable bonds is 4. The molecule has 1 N–H and O–H groups in total. The van der Waals surface area contributed by atoms with Gasteiger partial charge in [0.1, 0.15) is 0 Å². The quantitative estimate of drug-likeness (QED) is 0.877. The van der Waals surface area contributed by atoms with E-state index in [4.69, 9.17) is 16.7 Å². The number of carbonyl (C=O) groups is 1. The lowest BCUT2D eigenvalue weighted by molar-refractivity contribution is 0.0697. The second-order valence-corrected chi connectivity index (χ2v) is 6.80. The molecule has 0 fully saturated rings. The van der Waals surface area contributed by atoms with Crippen molar-refractivity contribution in [1.29, 1.82) is 0 Å². The average Bonchev–Trinajstić information content (AvgIpc) is 2.40. The molecule has 0 bridgehead atoms. The van der Waals surface area contributed by atoms with Gasteiger partial charge in [0.2, 0.25) is 0 Å². The lowest BCUT2D eigenvalue weighted by Crippen LogP contribution is -2.00. The zero-order valence-corrected chi connectivity index (χ0v) is 13.3.